The van der Waals surface area contributed by atoms with E-state index in [1.807, 2.05) is 12.1 Å². The highest BCUT2D eigenvalue weighted by Crippen LogP contribution is 2.19. The van der Waals surface area contributed by atoms with Gasteiger partial charge >= 0.3 is 0 Å². The summed E-state index contributed by atoms with van der Waals surface area (Å²) in [5.41, 5.74) is -0.430. The number of rotatable bonds is 8. The van der Waals surface area contributed by atoms with Crippen molar-refractivity contribution in [2.75, 3.05) is 23.7 Å². The first-order valence-electron chi connectivity index (χ1n) is 7.53. The molecule has 2 aromatic rings. The first-order chi connectivity index (χ1) is 13.0. The van der Waals surface area contributed by atoms with Gasteiger partial charge in [0.2, 0.25) is 0 Å². The summed E-state index contributed by atoms with van der Waals surface area (Å²) in [4.78, 5) is 27.8. The molecule has 0 radical (unpaired) electrons. The zero-order valence-corrected chi connectivity index (χ0v) is 13.7. The molecule has 0 aliphatic rings. The lowest BCUT2D eigenvalue weighted by atomic mass is 10.2. The highest BCUT2D eigenvalue weighted by atomic mass is 16.6. The summed E-state index contributed by atoms with van der Waals surface area (Å²) in [5, 5.41) is 45.3. The van der Waals surface area contributed by atoms with Gasteiger partial charge in [-0.1, -0.05) is 0 Å². The summed E-state index contributed by atoms with van der Waals surface area (Å²) in [7, 11) is 0. The first-order valence-corrected chi connectivity index (χ1v) is 7.53. The number of nitro groups is 2. The SMILES string of the molecule is N#Cc1cc([N+](=O)[O-])cnc1NCCCNc1ncc([N+](=O)[O-])cc1C#N. The second-order valence-corrected chi connectivity index (χ2v) is 5.12. The monoisotopic (exact) mass is 368 g/mol. The molecule has 0 unspecified atom stereocenters. The zero-order valence-electron chi connectivity index (χ0n) is 13.7. The summed E-state index contributed by atoms with van der Waals surface area (Å²) in [6.07, 6.45) is 2.65. The molecule has 136 valence electrons. The molecule has 0 bridgehead atoms. The van der Waals surface area contributed by atoms with Crippen molar-refractivity contribution < 1.29 is 9.85 Å². The number of aromatic nitrogens is 2. The summed E-state index contributed by atoms with van der Waals surface area (Å²) in [5.74, 6) is 0.462. The first kappa shape index (κ1) is 19.0. The predicted octanol–water partition coefficient (Wildman–Crippen LogP) is 1.95. The molecule has 0 saturated heterocycles. The Labute approximate surface area is 152 Å². The lowest BCUT2D eigenvalue weighted by Gasteiger charge is -2.09. The van der Waals surface area contributed by atoms with E-state index in [0.717, 1.165) is 24.5 Å². The van der Waals surface area contributed by atoms with Crippen molar-refractivity contribution in [1.29, 1.82) is 10.5 Å². The number of nitrogens with zero attached hydrogens (tertiary/aromatic N) is 6. The minimum atomic E-state index is -0.633. The van der Waals surface area contributed by atoms with Crippen LogP contribution >= 0.6 is 0 Å². The lowest BCUT2D eigenvalue weighted by Crippen LogP contribution is -2.12. The van der Waals surface area contributed by atoms with E-state index < -0.39 is 9.85 Å². The van der Waals surface area contributed by atoms with Crippen molar-refractivity contribution in [1.82, 2.24) is 9.97 Å². The zero-order chi connectivity index (χ0) is 19.8. The van der Waals surface area contributed by atoms with Crippen LogP contribution in [0.15, 0.2) is 24.5 Å². The molecule has 2 rings (SSSR count). The molecule has 12 heteroatoms. The van der Waals surface area contributed by atoms with E-state index in [1.165, 1.54) is 0 Å². The molecule has 0 saturated carbocycles. The molecule has 2 aromatic heterocycles. The Morgan fingerprint density at radius 1 is 0.889 bits per heavy atom. The molecule has 0 spiro atoms. The third-order valence-corrected chi connectivity index (χ3v) is 3.35. The van der Waals surface area contributed by atoms with Crippen molar-refractivity contribution in [2.45, 2.75) is 6.42 Å². The number of nitriles is 2. The van der Waals surface area contributed by atoms with Gasteiger partial charge in [-0.05, 0) is 6.42 Å². The van der Waals surface area contributed by atoms with Crippen LogP contribution in [0.2, 0.25) is 0 Å². The fraction of sp³-hybridized carbons (Fsp3) is 0.200. The molecule has 0 aliphatic heterocycles. The van der Waals surface area contributed by atoms with Gasteiger partial charge in [-0.15, -0.1) is 0 Å². The van der Waals surface area contributed by atoms with E-state index in [2.05, 4.69) is 20.6 Å². The van der Waals surface area contributed by atoms with Crippen LogP contribution in [0.5, 0.6) is 0 Å². The second kappa shape index (κ2) is 8.68. The van der Waals surface area contributed by atoms with E-state index in [-0.39, 0.29) is 34.1 Å². The molecule has 0 aliphatic carbocycles. The Morgan fingerprint density at radius 2 is 1.30 bits per heavy atom. The summed E-state index contributed by atoms with van der Waals surface area (Å²) in [6.45, 7) is 0.780. The maximum atomic E-state index is 10.7. The van der Waals surface area contributed by atoms with Crippen LogP contribution in [0.1, 0.15) is 17.5 Å². The van der Waals surface area contributed by atoms with Crippen LogP contribution in [-0.4, -0.2) is 32.9 Å². The van der Waals surface area contributed by atoms with Crippen LogP contribution in [0.25, 0.3) is 0 Å². The molecule has 2 N–H and O–H groups in total. The maximum Gasteiger partial charge on any atom is 0.289 e. The molecule has 12 nitrogen and oxygen atoms in total. The number of hydrogen-bond donors (Lipinski definition) is 2. The normalized spacial score (nSPS) is 9.70. The molecule has 0 aromatic carbocycles. The van der Waals surface area contributed by atoms with Gasteiger partial charge in [0.25, 0.3) is 11.4 Å². The molecule has 0 atom stereocenters. The Morgan fingerprint density at radius 3 is 1.63 bits per heavy atom. The topological polar surface area (TPSA) is 184 Å². The van der Waals surface area contributed by atoms with Crippen LogP contribution in [0, 0.1) is 42.9 Å². The minimum Gasteiger partial charge on any atom is -0.369 e. The predicted molar refractivity (Wildman–Crippen MR) is 92.8 cm³/mol. The number of anilines is 2. The molecule has 27 heavy (non-hydrogen) atoms. The van der Waals surface area contributed by atoms with Crippen LogP contribution < -0.4 is 10.6 Å². The smallest absolute Gasteiger partial charge is 0.289 e. The molecule has 0 amide bonds. The van der Waals surface area contributed by atoms with Gasteiger partial charge in [0.05, 0.1) is 9.85 Å². The quantitative estimate of drug-likeness (QED) is 0.396. The van der Waals surface area contributed by atoms with E-state index in [1.54, 1.807) is 0 Å². The fourth-order valence-electron chi connectivity index (χ4n) is 2.06. The highest BCUT2D eigenvalue weighted by molar-refractivity contribution is 5.56. The van der Waals surface area contributed by atoms with Crippen molar-refractivity contribution in [3.63, 3.8) is 0 Å². The van der Waals surface area contributed by atoms with Gasteiger partial charge in [-0.25, -0.2) is 9.97 Å². The van der Waals surface area contributed by atoms with E-state index in [4.69, 9.17) is 10.5 Å². The molecular weight excluding hydrogens is 356 g/mol. The van der Waals surface area contributed by atoms with Crippen molar-refractivity contribution in [2.24, 2.45) is 0 Å². The largest absolute Gasteiger partial charge is 0.369 e. The van der Waals surface area contributed by atoms with Crippen molar-refractivity contribution in [3.8, 4) is 12.1 Å². The molecular formula is C15H12N8O4. The number of pyridine rings is 2. The Balaban J connectivity index is 1.90. The van der Waals surface area contributed by atoms with Gasteiger partial charge in [0.15, 0.2) is 0 Å². The molecule has 2 heterocycles. The van der Waals surface area contributed by atoms with E-state index in [0.29, 0.717) is 19.5 Å². The summed E-state index contributed by atoms with van der Waals surface area (Å²) < 4.78 is 0. The van der Waals surface area contributed by atoms with E-state index >= 15 is 0 Å². The Hall–Kier alpha value is -4.32. The van der Waals surface area contributed by atoms with Gasteiger partial charge in [0, 0.05) is 25.2 Å². The number of hydrogen-bond acceptors (Lipinski definition) is 10. The average molecular weight is 368 g/mol. The summed E-state index contributed by atoms with van der Waals surface area (Å²) in [6, 6.07) is 5.95. The van der Waals surface area contributed by atoms with Gasteiger partial charge < -0.3 is 10.6 Å². The van der Waals surface area contributed by atoms with E-state index in [9.17, 15) is 20.2 Å². The summed E-state index contributed by atoms with van der Waals surface area (Å²) >= 11 is 0. The van der Waals surface area contributed by atoms with Crippen molar-refractivity contribution >= 4 is 23.0 Å². The third kappa shape index (κ3) is 4.83. The van der Waals surface area contributed by atoms with Gasteiger partial charge in [0.1, 0.15) is 47.3 Å². The fourth-order valence-corrected chi connectivity index (χ4v) is 2.06. The Bertz CT molecular complexity index is 886. The standard InChI is InChI=1S/C15H12N8O4/c16-6-10-4-12(22(24)25)8-20-14(10)18-2-1-3-19-15-11(7-17)5-13(9-21-15)23(26)27/h4-5,8-9H,1-3H2,(H,18,20)(H,19,21). The maximum absolute atomic E-state index is 10.7. The number of nitrogens with one attached hydrogen (secondary N) is 2. The third-order valence-electron chi connectivity index (χ3n) is 3.35. The van der Waals surface area contributed by atoms with Gasteiger partial charge in [-0.2, -0.15) is 10.5 Å². The highest BCUT2D eigenvalue weighted by Gasteiger charge is 2.13. The van der Waals surface area contributed by atoms with Crippen LogP contribution in [-0.2, 0) is 0 Å². The molecule has 0 fully saturated rings. The average Bonchev–Trinajstić information content (AvgIpc) is 2.67. The lowest BCUT2D eigenvalue weighted by molar-refractivity contribution is -0.385. The van der Waals surface area contributed by atoms with Crippen LogP contribution in [0.4, 0.5) is 23.0 Å². The van der Waals surface area contributed by atoms with Crippen molar-refractivity contribution in [3.05, 3.63) is 55.9 Å². The minimum absolute atomic E-state index is 0.0564. The van der Waals surface area contributed by atoms with Crippen LogP contribution in [0.3, 0.4) is 0 Å². The van der Waals surface area contributed by atoms with Gasteiger partial charge in [-0.3, -0.25) is 20.2 Å². The second-order valence-electron chi connectivity index (χ2n) is 5.12. The Kier molecular flexibility index (Phi) is 6.11.